The Kier molecular flexibility index (Phi) is 3.19. The maximum atomic E-state index is 9.73. The van der Waals surface area contributed by atoms with Gasteiger partial charge >= 0.3 is 0 Å². The van der Waals surface area contributed by atoms with Crippen LogP contribution in [0.3, 0.4) is 0 Å². The van der Waals surface area contributed by atoms with Crippen LogP contribution >= 0.6 is 0 Å². The molecule has 2 heterocycles. The fourth-order valence-electron chi connectivity index (χ4n) is 2.32. The molecule has 3 atom stereocenters. The van der Waals surface area contributed by atoms with Crippen molar-refractivity contribution in [3.63, 3.8) is 0 Å². The van der Waals surface area contributed by atoms with Crippen LogP contribution in [0.5, 0.6) is 0 Å². The van der Waals surface area contributed by atoms with Crippen LogP contribution < -0.4 is 5.32 Å². The van der Waals surface area contributed by atoms with Crippen molar-refractivity contribution in [2.45, 2.75) is 37.9 Å². The minimum atomic E-state index is -0.106. The van der Waals surface area contributed by atoms with Crippen LogP contribution in [0.1, 0.15) is 25.7 Å². The van der Waals surface area contributed by atoms with Gasteiger partial charge in [0, 0.05) is 13.2 Å². The van der Waals surface area contributed by atoms with Crippen LogP contribution in [0.4, 0.5) is 0 Å². The van der Waals surface area contributed by atoms with Crippen molar-refractivity contribution >= 4 is 0 Å². The molecule has 0 aromatic rings. The van der Waals surface area contributed by atoms with E-state index in [9.17, 15) is 5.11 Å². The molecular weight excluding hydrogens is 166 g/mol. The first-order valence-electron chi connectivity index (χ1n) is 5.36. The molecule has 76 valence electrons. The second-order valence-corrected chi connectivity index (χ2v) is 4.19. The molecule has 0 aliphatic carbocycles. The third kappa shape index (κ3) is 2.42. The van der Waals surface area contributed by atoms with Gasteiger partial charge in [0.2, 0.25) is 0 Å². The van der Waals surface area contributed by atoms with Gasteiger partial charge in [-0.25, -0.2) is 0 Å². The third-order valence-electron chi connectivity index (χ3n) is 3.16. The summed E-state index contributed by atoms with van der Waals surface area (Å²) < 4.78 is 5.57. The number of aliphatic hydroxyl groups excluding tert-OH is 1. The van der Waals surface area contributed by atoms with Gasteiger partial charge in [-0.3, -0.25) is 0 Å². The Hall–Kier alpha value is -0.120. The molecule has 2 saturated heterocycles. The zero-order valence-electron chi connectivity index (χ0n) is 8.04. The average molecular weight is 185 g/mol. The fourth-order valence-corrected chi connectivity index (χ4v) is 2.32. The maximum Gasteiger partial charge on any atom is 0.0593 e. The van der Waals surface area contributed by atoms with E-state index >= 15 is 0 Å². The summed E-state index contributed by atoms with van der Waals surface area (Å²) in [5.41, 5.74) is 0. The van der Waals surface area contributed by atoms with E-state index in [1.54, 1.807) is 0 Å². The smallest absolute Gasteiger partial charge is 0.0593 e. The summed E-state index contributed by atoms with van der Waals surface area (Å²) in [6.07, 6.45) is 4.63. The lowest BCUT2D eigenvalue weighted by Crippen LogP contribution is -2.41. The zero-order chi connectivity index (χ0) is 9.10. The van der Waals surface area contributed by atoms with E-state index in [1.165, 1.54) is 12.8 Å². The standard InChI is InChI=1S/C10H19NO2/c12-10-3-4-11-7-8(10)6-9-2-1-5-13-9/h8-12H,1-7H2. The van der Waals surface area contributed by atoms with Crippen LogP contribution in [-0.4, -0.2) is 37.0 Å². The molecule has 2 aliphatic heterocycles. The minimum absolute atomic E-state index is 0.106. The van der Waals surface area contributed by atoms with Crippen LogP contribution in [0.15, 0.2) is 0 Å². The van der Waals surface area contributed by atoms with Crippen molar-refractivity contribution < 1.29 is 9.84 Å². The van der Waals surface area contributed by atoms with Crippen molar-refractivity contribution in [2.24, 2.45) is 5.92 Å². The Morgan fingerprint density at radius 1 is 1.38 bits per heavy atom. The molecule has 3 unspecified atom stereocenters. The molecule has 0 amide bonds. The van der Waals surface area contributed by atoms with Gasteiger partial charge < -0.3 is 15.2 Å². The molecule has 2 aliphatic rings. The highest BCUT2D eigenvalue weighted by Gasteiger charge is 2.27. The Morgan fingerprint density at radius 2 is 2.31 bits per heavy atom. The topological polar surface area (TPSA) is 41.5 Å². The summed E-state index contributed by atoms with van der Waals surface area (Å²) in [5, 5.41) is 13.1. The van der Waals surface area contributed by atoms with Crippen LogP contribution in [-0.2, 0) is 4.74 Å². The summed E-state index contributed by atoms with van der Waals surface area (Å²) in [5.74, 6) is 0.414. The Labute approximate surface area is 79.5 Å². The number of hydrogen-bond acceptors (Lipinski definition) is 3. The first-order chi connectivity index (χ1) is 6.36. The average Bonchev–Trinajstić information content (AvgIpc) is 2.61. The van der Waals surface area contributed by atoms with Crippen LogP contribution in [0, 0.1) is 5.92 Å². The Morgan fingerprint density at radius 3 is 3.00 bits per heavy atom. The maximum absolute atomic E-state index is 9.73. The molecule has 0 bridgehead atoms. The molecule has 0 spiro atoms. The Balaban J connectivity index is 1.78. The lowest BCUT2D eigenvalue weighted by molar-refractivity contribution is 0.0292. The number of piperidine rings is 1. The second kappa shape index (κ2) is 4.40. The number of ether oxygens (including phenoxy) is 1. The van der Waals surface area contributed by atoms with E-state index in [0.717, 1.165) is 32.5 Å². The van der Waals surface area contributed by atoms with Gasteiger partial charge in [0.15, 0.2) is 0 Å². The summed E-state index contributed by atoms with van der Waals surface area (Å²) >= 11 is 0. The number of aliphatic hydroxyl groups is 1. The molecule has 13 heavy (non-hydrogen) atoms. The molecule has 3 nitrogen and oxygen atoms in total. The predicted octanol–water partition coefficient (Wildman–Crippen LogP) is 0.526. The van der Waals surface area contributed by atoms with E-state index in [1.807, 2.05) is 0 Å². The first kappa shape index (κ1) is 9.44. The first-order valence-corrected chi connectivity index (χ1v) is 5.36. The van der Waals surface area contributed by atoms with Gasteiger partial charge in [-0.15, -0.1) is 0 Å². The highest BCUT2D eigenvalue weighted by atomic mass is 16.5. The SMILES string of the molecule is OC1CCNCC1CC1CCCO1. The normalized spacial score (nSPS) is 40.8. The molecule has 0 radical (unpaired) electrons. The number of nitrogens with one attached hydrogen (secondary N) is 1. The summed E-state index contributed by atoms with van der Waals surface area (Å²) in [6.45, 7) is 2.84. The van der Waals surface area contributed by atoms with E-state index in [2.05, 4.69) is 5.32 Å². The van der Waals surface area contributed by atoms with Gasteiger partial charge in [0.05, 0.1) is 12.2 Å². The van der Waals surface area contributed by atoms with Gasteiger partial charge in [-0.2, -0.15) is 0 Å². The molecular formula is C10H19NO2. The molecule has 2 N–H and O–H groups in total. The van der Waals surface area contributed by atoms with Crippen LogP contribution in [0.25, 0.3) is 0 Å². The predicted molar refractivity (Wildman–Crippen MR) is 50.6 cm³/mol. The number of hydrogen-bond donors (Lipinski definition) is 2. The highest BCUT2D eigenvalue weighted by molar-refractivity contribution is 4.81. The third-order valence-corrected chi connectivity index (χ3v) is 3.16. The van der Waals surface area contributed by atoms with Crippen molar-refractivity contribution in [3.05, 3.63) is 0 Å². The van der Waals surface area contributed by atoms with Crippen molar-refractivity contribution in [1.82, 2.24) is 5.32 Å². The largest absolute Gasteiger partial charge is 0.393 e. The van der Waals surface area contributed by atoms with Crippen LogP contribution in [0.2, 0.25) is 0 Å². The fraction of sp³-hybridized carbons (Fsp3) is 1.00. The van der Waals surface area contributed by atoms with E-state index in [-0.39, 0.29) is 6.10 Å². The highest BCUT2D eigenvalue weighted by Crippen LogP contribution is 2.23. The molecule has 0 aromatic carbocycles. The molecule has 0 saturated carbocycles. The lowest BCUT2D eigenvalue weighted by atomic mass is 9.90. The number of rotatable bonds is 2. The molecule has 2 fully saturated rings. The van der Waals surface area contributed by atoms with E-state index in [4.69, 9.17) is 4.74 Å². The second-order valence-electron chi connectivity index (χ2n) is 4.19. The molecule has 3 heteroatoms. The summed E-state index contributed by atoms with van der Waals surface area (Å²) in [6, 6.07) is 0. The van der Waals surface area contributed by atoms with Crippen molar-refractivity contribution in [1.29, 1.82) is 0 Å². The van der Waals surface area contributed by atoms with Crippen molar-refractivity contribution in [2.75, 3.05) is 19.7 Å². The summed E-state index contributed by atoms with van der Waals surface area (Å²) in [7, 11) is 0. The quantitative estimate of drug-likeness (QED) is 0.659. The zero-order valence-corrected chi connectivity index (χ0v) is 8.04. The minimum Gasteiger partial charge on any atom is -0.393 e. The van der Waals surface area contributed by atoms with Gasteiger partial charge in [0.1, 0.15) is 0 Å². The van der Waals surface area contributed by atoms with Gasteiger partial charge in [-0.05, 0) is 38.1 Å². The molecule has 0 aromatic heterocycles. The van der Waals surface area contributed by atoms with E-state index in [0.29, 0.717) is 12.0 Å². The lowest BCUT2D eigenvalue weighted by Gasteiger charge is -2.29. The van der Waals surface area contributed by atoms with E-state index < -0.39 is 0 Å². The van der Waals surface area contributed by atoms with Crippen molar-refractivity contribution in [3.8, 4) is 0 Å². The van der Waals surface area contributed by atoms with Gasteiger partial charge in [0.25, 0.3) is 0 Å². The Bertz CT molecular complexity index is 157. The van der Waals surface area contributed by atoms with Gasteiger partial charge in [-0.1, -0.05) is 0 Å². The summed E-state index contributed by atoms with van der Waals surface area (Å²) in [4.78, 5) is 0. The molecule has 2 rings (SSSR count). The monoisotopic (exact) mass is 185 g/mol.